The van der Waals surface area contributed by atoms with Crippen molar-refractivity contribution < 1.29 is 28.6 Å². The first-order valence-corrected chi connectivity index (χ1v) is 12.9. The first kappa shape index (κ1) is 30.3. The molecule has 0 saturated carbocycles. The predicted octanol–water partition coefficient (Wildman–Crippen LogP) is 6.45. The van der Waals surface area contributed by atoms with E-state index in [-0.39, 0.29) is 11.3 Å². The highest BCUT2D eigenvalue weighted by Crippen LogP contribution is 2.28. The van der Waals surface area contributed by atoms with Crippen LogP contribution in [0, 0.1) is 26.6 Å². The molecule has 212 valence electrons. The molecule has 0 aliphatic rings. The van der Waals surface area contributed by atoms with E-state index in [0.717, 1.165) is 16.7 Å². The second-order valence-corrected chi connectivity index (χ2v) is 10.8. The molecule has 0 heterocycles. The fourth-order valence-electron chi connectivity index (χ4n) is 4.56. The van der Waals surface area contributed by atoms with Crippen molar-refractivity contribution in [2.75, 3.05) is 10.6 Å². The third kappa shape index (κ3) is 7.89. The number of amides is 3. The molecule has 3 aromatic rings. The summed E-state index contributed by atoms with van der Waals surface area (Å²) in [6.45, 7) is 12.6. The highest BCUT2D eigenvalue weighted by Gasteiger charge is 2.31. The number of anilines is 2. The molecule has 40 heavy (non-hydrogen) atoms. The number of carboxylic acids is 1. The number of carboxylic acid groups (broad SMARTS) is 1. The summed E-state index contributed by atoms with van der Waals surface area (Å²) >= 11 is 0. The number of hydrogen-bond acceptors (Lipinski definition) is 4. The Labute approximate surface area is 233 Å². The molecule has 3 amide bonds. The minimum absolute atomic E-state index is 0.0295. The molecule has 0 spiro atoms. The molecule has 0 bridgehead atoms. The molecule has 4 N–H and O–H groups in total. The fourth-order valence-corrected chi connectivity index (χ4v) is 4.56. The number of aryl methyl sites for hydroxylation is 3. The van der Waals surface area contributed by atoms with Crippen molar-refractivity contribution in [1.82, 2.24) is 5.32 Å². The van der Waals surface area contributed by atoms with Crippen LogP contribution in [0.5, 0.6) is 0 Å². The molecule has 8 nitrogen and oxygen atoms in total. The summed E-state index contributed by atoms with van der Waals surface area (Å²) in [7, 11) is 0. The molecular formula is C31H36FN3O5. The zero-order chi connectivity index (χ0) is 29.8. The van der Waals surface area contributed by atoms with E-state index in [2.05, 4.69) is 16.0 Å². The maximum Gasteiger partial charge on any atom is 0.328 e. The van der Waals surface area contributed by atoms with Crippen molar-refractivity contribution in [1.29, 1.82) is 0 Å². The number of aliphatic carboxylic acids is 1. The van der Waals surface area contributed by atoms with Crippen molar-refractivity contribution in [3.63, 3.8) is 0 Å². The molecule has 0 fully saturated rings. The van der Waals surface area contributed by atoms with Gasteiger partial charge in [-0.05, 0) is 95.0 Å². The lowest BCUT2D eigenvalue weighted by Gasteiger charge is -2.29. The highest BCUT2D eigenvalue weighted by molar-refractivity contribution is 6.08. The molecule has 0 saturated heterocycles. The van der Waals surface area contributed by atoms with Crippen LogP contribution in [-0.2, 0) is 9.53 Å². The Kier molecular flexibility index (Phi) is 9.32. The van der Waals surface area contributed by atoms with Crippen LogP contribution < -0.4 is 16.0 Å². The number of carbonyl (C=O) groups is 3. The van der Waals surface area contributed by atoms with Crippen LogP contribution in [0.1, 0.15) is 54.7 Å². The number of nitrogens with one attached hydrogen (secondary N) is 3. The average Bonchev–Trinajstić information content (AvgIpc) is 2.83. The predicted molar refractivity (Wildman–Crippen MR) is 154 cm³/mol. The number of carbonyl (C=O) groups excluding carboxylic acids is 2. The van der Waals surface area contributed by atoms with Gasteiger partial charge in [-0.3, -0.25) is 4.79 Å². The zero-order valence-electron chi connectivity index (χ0n) is 23.8. The minimum Gasteiger partial charge on any atom is -0.480 e. The van der Waals surface area contributed by atoms with Crippen LogP contribution in [0.15, 0.2) is 54.6 Å². The van der Waals surface area contributed by atoms with Crippen LogP contribution in [0.4, 0.5) is 20.6 Å². The molecular weight excluding hydrogens is 513 g/mol. The zero-order valence-corrected chi connectivity index (χ0v) is 23.8. The van der Waals surface area contributed by atoms with Crippen LogP contribution in [0.25, 0.3) is 11.1 Å². The topological polar surface area (TPSA) is 117 Å². The Bertz CT molecular complexity index is 1410. The number of ether oxygens (including phenoxy) is 1. The van der Waals surface area contributed by atoms with Crippen LogP contribution in [0.2, 0.25) is 0 Å². The number of benzene rings is 3. The summed E-state index contributed by atoms with van der Waals surface area (Å²) in [6, 6.07) is 12.5. The summed E-state index contributed by atoms with van der Waals surface area (Å²) in [6.07, 6.45) is -0.847. The van der Waals surface area contributed by atoms with E-state index in [0.29, 0.717) is 16.8 Å². The summed E-state index contributed by atoms with van der Waals surface area (Å²) in [5.41, 5.74) is 4.03. The molecule has 0 aliphatic carbocycles. The average molecular weight is 550 g/mol. The quantitative estimate of drug-likeness (QED) is 0.258. The van der Waals surface area contributed by atoms with Crippen LogP contribution in [-0.4, -0.2) is 40.8 Å². The smallest absolute Gasteiger partial charge is 0.328 e. The van der Waals surface area contributed by atoms with Crippen molar-refractivity contribution in [3.8, 4) is 11.1 Å². The highest BCUT2D eigenvalue weighted by atomic mass is 19.1. The van der Waals surface area contributed by atoms with E-state index in [1.54, 1.807) is 52.0 Å². The van der Waals surface area contributed by atoms with Gasteiger partial charge in [-0.15, -0.1) is 0 Å². The molecule has 3 rings (SSSR count). The maximum atomic E-state index is 13.9. The lowest BCUT2D eigenvalue weighted by Crippen LogP contribution is -2.50. The second-order valence-electron chi connectivity index (χ2n) is 10.8. The van der Waals surface area contributed by atoms with Gasteiger partial charge in [0.15, 0.2) is 6.04 Å². The Hall–Kier alpha value is -4.24. The molecule has 0 aliphatic heterocycles. The van der Waals surface area contributed by atoms with E-state index in [1.807, 2.05) is 32.9 Å². The molecule has 1 unspecified atom stereocenters. The number of urea groups is 1. The van der Waals surface area contributed by atoms with Gasteiger partial charge in [0.05, 0.1) is 23.0 Å². The normalized spacial score (nSPS) is 12.8. The van der Waals surface area contributed by atoms with Gasteiger partial charge in [0.1, 0.15) is 5.82 Å². The fraction of sp³-hybridized carbons (Fsp3) is 0.323. The lowest BCUT2D eigenvalue weighted by atomic mass is 10.0. The second kappa shape index (κ2) is 12.3. The van der Waals surface area contributed by atoms with Crippen molar-refractivity contribution in [3.05, 3.63) is 82.7 Å². The summed E-state index contributed by atoms with van der Waals surface area (Å²) < 4.78 is 19.7. The van der Waals surface area contributed by atoms with Gasteiger partial charge in [0.2, 0.25) is 0 Å². The van der Waals surface area contributed by atoms with E-state index in [9.17, 15) is 23.9 Å². The van der Waals surface area contributed by atoms with Gasteiger partial charge in [0.25, 0.3) is 5.91 Å². The third-order valence-electron chi connectivity index (χ3n) is 6.15. The number of rotatable bonds is 8. The minimum atomic E-state index is -1.35. The van der Waals surface area contributed by atoms with Crippen molar-refractivity contribution in [2.24, 2.45) is 0 Å². The van der Waals surface area contributed by atoms with Crippen LogP contribution >= 0.6 is 0 Å². The first-order valence-electron chi connectivity index (χ1n) is 12.9. The van der Waals surface area contributed by atoms with Gasteiger partial charge >= 0.3 is 12.0 Å². The monoisotopic (exact) mass is 549 g/mol. The Morgan fingerprint density at radius 1 is 0.900 bits per heavy atom. The summed E-state index contributed by atoms with van der Waals surface area (Å²) in [5, 5.41) is 17.9. The number of halogens is 1. The van der Waals surface area contributed by atoms with Crippen molar-refractivity contribution in [2.45, 2.75) is 66.2 Å². The molecule has 0 aromatic heterocycles. The summed E-state index contributed by atoms with van der Waals surface area (Å²) in [5.74, 6) is -2.42. The van der Waals surface area contributed by atoms with E-state index in [1.165, 1.54) is 18.2 Å². The Morgan fingerprint density at radius 2 is 1.52 bits per heavy atom. The standard InChI is InChI=1S/C31H36FN3O5/c1-17-13-18(2)26(19(3)14-17)35-30(39)33-25-16-22(21-9-8-10-23(32)15-21)11-12-24(25)28(36)34-27(29(37)38)20(4)40-31(5,6)7/h8-16,20,27H,1-7H3,(H,34,36)(H,37,38)(H2,33,35,39)/t20?,27-/m0/s1. The molecule has 9 heteroatoms. The molecule has 0 radical (unpaired) electrons. The Balaban J connectivity index is 1.97. The van der Waals surface area contributed by atoms with Gasteiger partial charge < -0.3 is 25.8 Å². The Morgan fingerprint density at radius 3 is 2.10 bits per heavy atom. The molecule has 2 atom stereocenters. The van der Waals surface area contributed by atoms with E-state index < -0.39 is 41.5 Å². The van der Waals surface area contributed by atoms with E-state index >= 15 is 0 Å². The van der Waals surface area contributed by atoms with E-state index in [4.69, 9.17) is 4.74 Å². The lowest BCUT2D eigenvalue weighted by molar-refractivity contribution is -0.146. The van der Waals surface area contributed by atoms with Gasteiger partial charge in [-0.25, -0.2) is 14.0 Å². The largest absolute Gasteiger partial charge is 0.480 e. The summed E-state index contributed by atoms with van der Waals surface area (Å²) in [4.78, 5) is 38.5. The van der Waals surface area contributed by atoms with Gasteiger partial charge in [0, 0.05) is 5.69 Å². The van der Waals surface area contributed by atoms with Gasteiger partial charge in [-0.1, -0.05) is 35.9 Å². The van der Waals surface area contributed by atoms with Crippen molar-refractivity contribution >= 4 is 29.3 Å². The third-order valence-corrected chi connectivity index (χ3v) is 6.15. The van der Waals surface area contributed by atoms with Gasteiger partial charge in [-0.2, -0.15) is 0 Å². The first-order chi connectivity index (χ1) is 18.6. The van der Waals surface area contributed by atoms with Crippen LogP contribution in [0.3, 0.4) is 0 Å². The molecule has 3 aromatic carbocycles. The number of hydrogen-bond donors (Lipinski definition) is 4. The SMILES string of the molecule is Cc1cc(C)c(NC(=O)Nc2cc(-c3cccc(F)c3)ccc2C(=O)N[C@H](C(=O)O)C(C)OC(C)(C)C)c(C)c1. The maximum absolute atomic E-state index is 13.9.